The van der Waals surface area contributed by atoms with Crippen molar-refractivity contribution in [3.05, 3.63) is 65.7 Å². The number of rotatable bonds is 2. The van der Waals surface area contributed by atoms with Gasteiger partial charge in [0.2, 0.25) is 0 Å². The van der Waals surface area contributed by atoms with Crippen molar-refractivity contribution in [2.75, 3.05) is 5.75 Å². The average Bonchev–Trinajstić information content (AvgIpc) is 2.63. The van der Waals surface area contributed by atoms with Gasteiger partial charge in [0.15, 0.2) is 9.84 Å². The summed E-state index contributed by atoms with van der Waals surface area (Å²) in [7, 11) is -3.18. The molecule has 0 aromatic heterocycles. The zero-order valence-corrected chi connectivity index (χ0v) is 13.0. The topological polar surface area (TPSA) is 34.1 Å². The van der Waals surface area contributed by atoms with Gasteiger partial charge in [0.1, 0.15) is 0 Å². The zero-order valence-electron chi connectivity index (χ0n) is 12.2. The van der Waals surface area contributed by atoms with Crippen molar-refractivity contribution in [1.29, 1.82) is 0 Å². The molecule has 0 fully saturated rings. The molecule has 1 aliphatic rings. The Morgan fingerprint density at radius 2 is 1.67 bits per heavy atom. The second-order valence-electron chi connectivity index (χ2n) is 5.79. The van der Waals surface area contributed by atoms with Crippen molar-refractivity contribution in [3.63, 3.8) is 0 Å². The summed E-state index contributed by atoms with van der Waals surface area (Å²) in [6, 6.07) is 17.8. The van der Waals surface area contributed by atoms with Crippen LogP contribution in [0.25, 0.3) is 0 Å². The van der Waals surface area contributed by atoms with Gasteiger partial charge in [0.25, 0.3) is 0 Å². The molecule has 0 saturated carbocycles. The van der Waals surface area contributed by atoms with Crippen LogP contribution in [0.15, 0.2) is 59.5 Å². The van der Waals surface area contributed by atoms with E-state index in [1.807, 2.05) is 36.4 Å². The molecule has 3 rings (SSSR count). The Balaban J connectivity index is 2.18. The van der Waals surface area contributed by atoms with Gasteiger partial charge in [0.05, 0.1) is 10.6 Å². The third-order valence-electron chi connectivity index (χ3n) is 4.43. The lowest BCUT2D eigenvalue weighted by Crippen LogP contribution is -2.14. The molecule has 2 aromatic rings. The minimum absolute atomic E-state index is 0.171. The van der Waals surface area contributed by atoms with E-state index in [0.29, 0.717) is 4.90 Å². The first-order valence-electron chi connectivity index (χ1n) is 7.48. The number of fused-ring (bicyclic) bond motifs is 1. The van der Waals surface area contributed by atoms with Crippen LogP contribution in [0.3, 0.4) is 0 Å². The molecule has 2 nitrogen and oxygen atoms in total. The van der Waals surface area contributed by atoms with Crippen molar-refractivity contribution in [1.82, 2.24) is 0 Å². The van der Waals surface area contributed by atoms with Crippen molar-refractivity contribution in [2.45, 2.75) is 30.6 Å². The van der Waals surface area contributed by atoms with Crippen LogP contribution in [0.4, 0.5) is 0 Å². The highest BCUT2D eigenvalue weighted by atomic mass is 32.2. The van der Waals surface area contributed by atoms with Crippen molar-refractivity contribution in [3.8, 4) is 0 Å². The van der Waals surface area contributed by atoms with Gasteiger partial charge in [-0.1, -0.05) is 61.9 Å². The average molecular weight is 300 g/mol. The number of hydrogen-bond donors (Lipinski definition) is 0. The first-order valence-corrected chi connectivity index (χ1v) is 9.13. The lowest BCUT2D eigenvalue weighted by Gasteiger charge is -2.20. The van der Waals surface area contributed by atoms with E-state index < -0.39 is 9.84 Å². The highest BCUT2D eigenvalue weighted by Gasteiger charge is 2.32. The van der Waals surface area contributed by atoms with Gasteiger partial charge < -0.3 is 0 Å². The van der Waals surface area contributed by atoms with Gasteiger partial charge in [0, 0.05) is 5.92 Å². The Bertz CT molecular complexity index is 720. The van der Waals surface area contributed by atoms with Crippen LogP contribution >= 0.6 is 0 Å². The first-order chi connectivity index (χ1) is 10.1. The third kappa shape index (κ3) is 2.75. The van der Waals surface area contributed by atoms with E-state index >= 15 is 0 Å². The van der Waals surface area contributed by atoms with Crippen LogP contribution in [0.2, 0.25) is 0 Å². The molecule has 0 amide bonds. The molecule has 2 atom stereocenters. The summed E-state index contributed by atoms with van der Waals surface area (Å²) in [6.45, 7) is 2.08. The Morgan fingerprint density at radius 1 is 1.00 bits per heavy atom. The fourth-order valence-electron chi connectivity index (χ4n) is 3.27. The maximum atomic E-state index is 12.6. The van der Waals surface area contributed by atoms with Crippen LogP contribution in [0.5, 0.6) is 0 Å². The first kappa shape index (κ1) is 14.3. The molecule has 0 unspecified atom stereocenters. The minimum Gasteiger partial charge on any atom is -0.224 e. The van der Waals surface area contributed by atoms with Crippen LogP contribution in [0.1, 0.15) is 36.8 Å². The fraction of sp³-hybridized carbons (Fsp3) is 0.333. The molecular formula is C18H20O2S. The summed E-state index contributed by atoms with van der Waals surface area (Å²) in [4.78, 5) is 0.523. The fourth-order valence-corrected chi connectivity index (χ4v) is 5.29. The number of hydrogen-bond acceptors (Lipinski definition) is 2. The number of benzene rings is 2. The Hall–Kier alpha value is -1.61. The Kier molecular flexibility index (Phi) is 3.85. The van der Waals surface area contributed by atoms with Gasteiger partial charge in [-0.2, -0.15) is 0 Å². The van der Waals surface area contributed by atoms with E-state index in [9.17, 15) is 8.42 Å². The second-order valence-corrected chi connectivity index (χ2v) is 7.80. The quantitative estimate of drug-likeness (QED) is 0.839. The maximum absolute atomic E-state index is 12.6. The van der Waals surface area contributed by atoms with E-state index in [2.05, 4.69) is 19.1 Å². The lowest BCUT2D eigenvalue weighted by atomic mass is 9.83. The van der Waals surface area contributed by atoms with Crippen LogP contribution in [-0.4, -0.2) is 14.2 Å². The number of sulfone groups is 1. The van der Waals surface area contributed by atoms with Crippen molar-refractivity contribution < 1.29 is 8.42 Å². The predicted octanol–water partition coefficient (Wildman–Crippen LogP) is 4.02. The van der Waals surface area contributed by atoms with Crippen molar-refractivity contribution >= 4 is 9.84 Å². The third-order valence-corrected chi connectivity index (χ3v) is 6.39. The van der Waals surface area contributed by atoms with E-state index in [0.717, 1.165) is 18.4 Å². The molecule has 0 radical (unpaired) electrons. The normalized spacial score (nSPS) is 24.0. The summed E-state index contributed by atoms with van der Waals surface area (Å²) >= 11 is 0. The highest BCUT2D eigenvalue weighted by Crippen LogP contribution is 2.39. The van der Waals surface area contributed by atoms with Gasteiger partial charge in [-0.25, -0.2) is 8.42 Å². The van der Waals surface area contributed by atoms with Crippen LogP contribution in [0, 0.1) is 5.92 Å². The lowest BCUT2D eigenvalue weighted by molar-refractivity contribution is 0.486. The van der Waals surface area contributed by atoms with Gasteiger partial charge in [-0.15, -0.1) is 0 Å². The summed E-state index contributed by atoms with van der Waals surface area (Å²) in [5.74, 6) is 0.654. The molecule has 1 heterocycles. The molecule has 0 spiro atoms. The van der Waals surface area contributed by atoms with E-state index in [1.54, 1.807) is 6.07 Å². The molecular weight excluding hydrogens is 280 g/mol. The standard InChI is InChI=1S/C18H20O2S/c1-2-14-12-17(15-8-4-3-5-9-15)16-10-6-7-11-18(16)21(19,20)13-14/h3-11,14,17H,2,12-13H2,1H3/t14-,17-/m0/s1. The maximum Gasteiger partial charge on any atom is 0.178 e. The molecule has 2 aromatic carbocycles. The summed E-state index contributed by atoms with van der Waals surface area (Å²) in [5, 5.41) is 0. The monoisotopic (exact) mass is 300 g/mol. The largest absolute Gasteiger partial charge is 0.224 e. The van der Waals surface area contributed by atoms with Crippen LogP contribution < -0.4 is 0 Å². The zero-order chi connectivity index (χ0) is 14.9. The molecule has 0 aliphatic carbocycles. The SMILES string of the molecule is CC[C@H]1C[C@@H](c2ccccc2)c2ccccc2S(=O)(=O)C1. The summed E-state index contributed by atoms with van der Waals surface area (Å²) < 4.78 is 25.3. The van der Waals surface area contributed by atoms with Crippen LogP contribution in [-0.2, 0) is 9.84 Å². The van der Waals surface area contributed by atoms with Gasteiger partial charge in [-0.3, -0.25) is 0 Å². The molecule has 0 saturated heterocycles. The van der Waals surface area contributed by atoms with Gasteiger partial charge >= 0.3 is 0 Å². The smallest absolute Gasteiger partial charge is 0.178 e. The Labute approximate surface area is 126 Å². The minimum atomic E-state index is -3.18. The molecule has 21 heavy (non-hydrogen) atoms. The Morgan fingerprint density at radius 3 is 2.38 bits per heavy atom. The molecule has 0 bridgehead atoms. The van der Waals surface area contributed by atoms with E-state index in [4.69, 9.17) is 0 Å². The summed E-state index contributed by atoms with van der Waals surface area (Å²) in [5.41, 5.74) is 2.17. The predicted molar refractivity (Wildman–Crippen MR) is 85.2 cm³/mol. The molecule has 110 valence electrons. The highest BCUT2D eigenvalue weighted by molar-refractivity contribution is 7.91. The summed E-state index contributed by atoms with van der Waals surface area (Å²) in [6.07, 6.45) is 1.80. The van der Waals surface area contributed by atoms with Crippen molar-refractivity contribution in [2.24, 2.45) is 5.92 Å². The molecule has 1 aliphatic heterocycles. The molecule has 0 N–H and O–H groups in total. The molecule has 3 heteroatoms. The van der Waals surface area contributed by atoms with E-state index in [-0.39, 0.29) is 17.6 Å². The second kappa shape index (κ2) is 5.64. The van der Waals surface area contributed by atoms with E-state index in [1.165, 1.54) is 5.56 Å². The van der Waals surface area contributed by atoms with Gasteiger partial charge in [-0.05, 0) is 29.5 Å².